The average Bonchev–Trinajstić information content (AvgIpc) is 3.11. The fraction of sp³-hybridized carbons (Fsp3) is 0.550. The van der Waals surface area contributed by atoms with Crippen LogP contribution in [0.15, 0.2) is 23.0 Å². The van der Waals surface area contributed by atoms with Crippen molar-refractivity contribution in [3.05, 3.63) is 39.8 Å². The summed E-state index contributed by atoms with van der Waals surface area (Å²) in [6, 6.07) is 6.33. The molecule has 7 heteroatoms. The second kappa shape index (κ2) is 8.13. The van der Waals surface area contributed by atoms with Gasteiger partial charge in [-0.25, -0.2) is 4.98 Å². The summed E-state index contributed by atoms with van der Waals surface area (Å²) in [5.74, 6) is -2.84. The minimum atomic E-state index is -3.29. The van der Waals surface area contributed by atoms with Gasteiger partial charge in [0.2, 0.25) is 0 Å². The minimum Gasteiger partial charge on any atom is -0.381 e. The van der Waals surface area contributed by atoms with Crippen molar-refractivity contribution >= 4 is 11.0 Å². The topological polar surface area (TPSA) is 78.8 Å². The number of unbranched alkanes of at least 4 members (excludes halogenated alkanes) is 1. The summed E-state index contributed by atoms with van der Waals surface area (Å²) in [7, 11) is 1.70. The van der Waals surface area contributed by atoms with Crippen molar-refractivity contribution in [2.45, 2.75) is 57.0 Å². The van der Waals surface area contributed by atoms with Gasteiger partial charge in [0.05, 0.1) is 28.8 Å². The predicted molar refractivity (Wildman–Crippen MR) is 97.6 cm³/mol. The number of fused-ring (bicyclic) bond motifs is 1. The number of nitrogens with one attached hydrogen (secondary N) is 1. The number of halogens is 2. The molecule has 144 valence electrons. The van der Waals surface area contributed by atoms with Gasteiger partial charge in [-0.05, 0) is 49.8 Å². The van der Waals surface area contributed by atoms with Crippen LogP contribution in [0.4, 0.5) is 8.78 Å². The van der Waals surface area contributed by atoms with E-state index in [0.717, 1.165) is 25.7 Å². The highest BCUT2D eigenvalue weighted by atomic mass is 19.3. The molecule has 1 N–H and O–H groups in total. The number of aromatic nitrogens is 2. The van der Waals surface area contributed by atoms with E-state index in [2.05, 4.69) is 9.97 Å². The molecule has 0 spiro atoms. The minimum absolute atomic E-state index is 0.244. The smallest absolute Gasteiger partial charge is 0.295 e. The van der Waals surface area contributed by atoms with Gasteiger partial charge in [0.15, 0.2) is 5.69 Å². The summed E-state index contributed by atoms with van der Waals surface area (Å²) in [5.41, 5.74) is -0.795. The lowest BCUT2D eigenvalue weighted by atomic mass is 9.96. The molecule has 0 radical (unpaired) electrons. The molecule has 1 aromatic carbocycles. The van der Waals surface area contributed by atoms with Gasteiger partial charge in [-0.3, -0.25) is 4.79 Å². The highest BCUT2D eigenvalue weighted by Gasteiger charge is 2.36. The standard InChI is InChI=1S/C20H23F2N3O2/c1-27-17-7-4-6-14(17)5-2-3-10-20(21,22)18-19(26)25-16-11-13(12-23)8-9-15(16)24-18/h8-9,11,14,17H,2-7,10H2,1H3,(H,25,26)/t14-,17-/m1/s1. The average molecular weight is 375 g/mol. The molecule has 1 saturated carbocycles. The van der Waals surface area contributed by atoms with Gasteiger partial charge < -0.3 is 9.72 Å². The fourth-order valence-electron chi connectivity index (χ4n) is 3.92. The maximum atomic E-state index is 14.6. The van der Waals surface area contributed by atoms with E-state index in [1.165, 1.54) is 18.2 Å². The Labute approximate surface area is 156 Å². The lowest BCUT2D eigenvalue weighted by molar-refractivity contribution is -0.0220. The molecule has 0 amide bonds. The van der Waals surface area contributed by atoms with Gasteiger partial charge in [-0.1, -0.05) is 12.8 Å². The Balaban J connectivity index is 1.66. The molecule has 0 saturated heterocycles. The Kier molecular flexibility index (Phi) is 5.85. The molecule has 1 aromatic heterocycles. The molecule has 5 nitrogen and oxygen atoms in total. The quantitative estimate of drug-likeness (QED) is 0.733. The number of alkyl halides is 2. The number of hydrogen-bond acceptors (Lipinski definition) is 4. The number of H-pyrrole nitrogens is 1. The second-order valence-corrected chi connectivity index (χ2v) is 7.17. The van der Waals surface area contributed by atoms with Crippen molar-refractivity contribution in [3.8, 4) is 6.07 Å². The van der Waals surface area contributed by atoms with E-state index >= 15 is 0 Å². The van der Waals surface area contributed by atoms with Crippen LogP contribution in [0, 0.1) is 17.2 Å². The van der Waals surface area contributed by atoms with Crippen molar-refractivity contribution < 1.29 is 13.5 Å². The summed E-state index contributed by atoms with van der Waals surface area (Å²) < 4.78 is 34.6. The lowest BCUT2D eigenvalue weighted by Crippen LogP contribution is -2.27. The van der Waals surface area contributed by atoms with E-state index < -0.39 is 23.6 Å². The number of nitriles is 1. The summed E-state index contributed by atoms with van der Waals surface area (Å²) >= 11 is 0. The SMILES string of the molecule is CO[C@@H]1CCC[C@H]1CCCCC(F)(F)c1nc2ccc(C#N)cc2[nH]c1=O. The van der Waals surface area contributed by atoms with Gasteiger partial charge in [0.1, 0.15) is 0 Å². The molecule has 1 aliphatic carbocycles. The zero-order chi connectivity index (χ0) is 19.4. The Morgan fingerprint density at radius 2 is 2.19 bits per heavy atom. The van der Waals surface area contributed by atoms with Crippen molar-refractivity contribution in [2.75, 3.05) is 7.11 Å². The number of rotatable bonds is 7. The Bertz CT molecular complexity index is 904. The molecule has 3 rings (SSSR count). The summed E-state index contributed by atoms with van der Waals surface area (Å²) in [6.45, 7) is 0. The molecular formula is C20H23F2N3O2. The molecule has 1 heterocycles. The van der Waals surface area contributed by atoms with Crippen LogP contribution in [-0.2, 0) is 10.7 Å². The summed E-state index contributed by atoms with van der Waals surface area (Å²) in [4.78, 5) is 18.4. The first-order chi connectivity index (χ1) is 12.9. The van der Waals surface area contributed by atoms with E-state index in [-0.39, 0.29) is 17.1 Å². The third-order valence-electron chi connectivity index (χ3n) is 5.38. The fourth-order valence-corrected chi connectivity index (χ4v) is 3.92. The van der Waals surface area contributed by atoms with Gasteiger partial charge in [0, 0.05) is 13.5 Å². The monoisotopic (exact) mass is 375 g/mol. The maximum Gasteiger partial charge on any atom is 0.295 e. The molecule has 1 fully saturated rings. The van der Waals surface area contributed by atoms with Gasteiger partial charge in [-0.2, -0.15) is 14.0 Å². The van der Waals surface area contributed by atoms with Crippen LogP contribution in [0.3, 0.4) is 0 Å². The number of methoxy groups -OCH3 is 1. The van der Waals surface area contributed by atoms with Gasteiger partial charge >= 0.3 is 0 Å². The molecular weight excluding hydrogens is 352 g/mol. The van der Waals surface area contributed by atoms with Crippen molar-refractivity contribution in [1.82, 2.24) is 9.97 Å². The van der Waals surface area contributed by atoms with E-state index in [1.54, 1.807) is 7.11 Å². The number of ether oxygens (including phenoxy) is 1. The van der Waals surface area contributed by atoms with Crippen LogP contribution in [0.2, 0.25) is 0 Å². The first kappa shape index (κ1) is 19.4. The largest absolute Gasteiger partial charge is 0.381 e. The Morgan fingerprint density at radius 3 is 2.93 bits per heavy atom. The summed E-state index contributed by atoms with van der Waals surface area (Å²) in [6.07, 6.45) is 4.97. The van der Waals surface area contributed by atoms with E-state index in [9.17, 15) is 13.6 Å². The third kappa shape index (κ3) is 4.33. The predicted octanol–water partition coefficient (Wildman–Crippen LogP) is 4.26. The number of hydrogen-bond donors (Lipinski definition) is 1. The maximum absolute atomic E-state index is 14.6. The van der Waals surface area contributed by atoms with Gasteiger partial charge in [0.25, 0.3) is 11.5 Å². The molecule has 27 heavy (non-hydrogen) atoms. The molecule has 1 aliphatic rings. The highest BCUT2D eigenvalue weighted by molar-refractivity contribution is 5.75. The Morgan fingerprint density at radius 1 is 1.37 bits per heavy atom. The molecule has 2 atom stereocenters. The molecule has 2 aromatic rings. The third-order valence-corrected chi connectivity index (χ3v) is 5.38. The molecule has 0 aliphatic heterocycles. The van der Waals surface area contributed by atoms with Crippen molar-refractivity contribution in [3.63, 3.8) is 0 Å². The van der Waals surface area contributed by atoms with E-state index in [0.29, 0.717) is 24.3 Å². The zero-order valence-electron chi connectivity index (χ0n) is 15.3. The van der Waals surface area contributed by atoms with Crippen molar-refractivity contribution in [1.29, 1.82) is 5.26 Å². The first-order valence-electron chi connectivity index (χ1n) is 9.30. The highest BCUT2D eigenvalue weighted by Crippen LogP contribution is 2.34. The van der Waals surface area contributed by atoms with Crippen LogP contribution >= 0.6 is 0 Å². The number of nitrogens with zero attached hydrogens (tertiary/aromatic N) is 2. The van der Waals surface area contributed by atoms with Crippen LogP contribution < -0.4 is 5.56 Å². The normalized spacial score (nSPS) is 20.1. The van der Waals surface area contributed by atoms with Crippen LogP contribution in [0.25, 0.3) is 11.0 Å². The van der Waals surface area contributed by atoms with Crippen molar-refractivity contribution in [2.24, 2.45) is 5.92 Å². The van der Waals surface area contributed by atoms with E-state index in [4.69, 9.17) is 10.00 Å². The molecule has 0 unspecified atom stereocenters. The first-order valence-corrected chi connectivity index (χ1v) is 9.30. The van der Waals surface area contributed by atoms with E-state index in [1.807, 2.05) is 6.07 Å². The number of aromatic amines is 1. The number of benzene rings is 1. The zero-order valence-corrected chi connectivity index (χ0v) is 15.3. The lowest BCUT2D eigenvalue weighted by Gasteiger charge is -2.19. The van der Waals surface area contributed by atoms with Crippen LogP contribution in [-0.4, -0.2) is 23.2 Å². The van der Waals surface area contributed by atoms with Gasteiger partial charge in [-0.15, -0.1) is 0 Å². The molecule has 0 bridgehead atoms. The summed E-state index contributed by atoms with van der Waals surface area (Å²) in [5, 5.41) is 8.89. The Hall–Kier alpha value is -2.33. The van der Waals surface area contributed by atoms with Crippen LogP contribution in [0.5, 0.6) is 0 Å². The van der Waals surface area contributed by atoms with Crippen LogP contribution in [0.1, 0.15) is 56.2 Å². The second-order valence-electron chi connectivity index (χ2n) is 7.17.